The molecule has 0 saturated heterocycles. The molecule has 1 N–H and O–H groups in total. The summed E-state index contributed by atoms with van der Waals surface area (Å²) >= 11 is 3.51. The zero-order chi connectivity index (χ0) is 11.9. The van der Waals surface area contributed by atoms with E-state index in [1.807, 2.05) is 0 Å². The molecule has 1 aromatic carbocycles. The van der Waals surface area contributed by atoms with Gasteiger partial charge in [0, 0.05) is 11.3 Å². The lowest BCUT2D eigenvalue weighted by Crippen LogP contribution is -2.31. The molecule has 2 rings (SSSR count). The Kier molecular flexibility index (Phi) is 2.74. The zero-order valence-corrected chi connectivity index (χ0v) is 11.6. The minimum atomic E-state index is 0.00507. The summed E-state index contributed by atoms with van der Waals surface area (Å²) in [4.78, 5) is 0. The predicted molar refractivity (Wildman–Crippen MR) is 72.0 cm³/mol. The van der Waals surface area contributed by atoms with Crippen LogP contribution in [-0.2, 0) is 0 Å². The van der Waals surface area contributed by atoms with Crippen LogP contribution in [0.1, 0.15) is 26.3 Å². The Morgan fingerprint density at radius 1 is 1.31 bits per heavy atom. The highest BCUT2D eigenvalue weighted by atomic mass is 79.9. The number of allylic oxidation sites excluding steroid dienone is 1. The molecular weight excluding hydrogens is 266 g/mol. The van der Waals surface area contributed by atoms with Crippen LogP contribution in [0.2, 0.25) is 0 Å². The van der Waals surface area contributed by atoms with Crippen molar-refractivity contribution in [3.05, 3.63) is 28.2 Å². The molecule has 0 unspecified atom stereocenters. The van der Waals surface area contributed by atoms with E-state index in [9.17, 15) is 0 Å². The highest BCUT2D eigenvalue weighted by Crippen LogP contribution is 2.39. The minimum absolute atomic E-state index is 0.00507. The minimum Gasteiger partial charge on any atom is -0.496 e. The van der Waals surface area contributed by atoms with Crippen molar-refractivity contribution in [2.45, 2.75) is 26.3 Å². The summed E-state index contributed by atoms with van der Waals surface area (Å²) in [7, 11) is 1.69. The number of ether oxygens (including phenoxy) is 1. The van der Waals surface area contributed by atoms with Gasteiger partial charge in [0.2, 0.25) is 0 Å². The van der Waals surface area contributed by atoms with E-state index in [1.54, 1.807) is 7.11 Å². The second kappa shape index (κ2) is 3.81. The van der Waals surface area contributed by atoms with Gasteiger partial charge in [0.05, 0.1) is 17.1 Å². The van der Waals surface area contributed by atoms with Gasteiger partial charge in [-0.05, 0) is 54.4 Å². The smallest absolute Gasteiger partial charge is 0.133 e. The average Bonchev–Trinajstić information content (AvgIpc) is 2.14. The van der Waals surface area contributed by atoms with Crippen LogP contribution in [-0.4, -0.2) is 12.6 Å². The molecule has 0 aromatic heterocycles. The first-order valence-corrected chi connectivity index (χ1v) is 6.08. The molecule has 0 fully saturated rings. The van der Waals surface area contributed by atoms with Gasteiger partial charge < -0.3 is 10.1 Å². The summed E-state index contributed by atoms with van der Waals surface area (Å²) in [6, 6.07) is 4.14. The van der Waals surface area contributed by atoms with Crippen molar-refractivity contribution >= 4 is 27.2 Å². The highest BCUT2D eigenvalue weighted by Gasteiger charge is 2.23. The summed E-state index contributed by atoms with van der Waals surface area (Å²) in [6.45, 7) is 6.46. The Bertz CT molecular complexity index is 463. The van der Waals surface area contributed by atoms with Crippen LogP contribution in [0.25, 0.3) is 5.57 Å². The topological polar surface area (TPSA) is 21.3 Å². The van der Waals surface area contributed by atoms with Gasteiger partial charge >= 0.3 is 0 Å². The van der Waals surface area contributed by atoms with Gasteiger partial charge in [-0.3, -0.25) is 0 Å². The first-order valence-electron chi connectivity index (χ1n) is 5.28. The van der Waals surface area contributed by atoms with Gasteiger partial charge in [0.15, 0.2) is 0 Å². The van der Waals surface area contributed by atoms with Crippen molar-refractivity contribution in [3.63, 3.8) is 0 Å². The SMILES string of the molecule is COc1cc2c(cc1Br)NC(C)(C)C=C2C. The van der Waals surface area contributed by atoms with Crippen LogP contribution < -0.4 is 10.1 Å². The summed E-state index contributed by atoms with van der Waals surface area (Å²) < 4.78 is 6.29. The van der Waals surface area contributed by atoms with Gasteiger partial charge in [-0.25, -0.2) is 0 Å². The van der Waals surface area contributed by atoms with Gasteiger partial charge in [-0.2, -0.15) is 0 Å². The molecule has 1 aliphatic rings. The van der Waals surface area contributed by atoms with E-state index in [0.29, 0.717) is 0 Å². The summed E-state index contributed by atoms with van der Waals surface area (Å²) in [5.74, 6) is 0.869. The number of nitrogens with one attached hydrogen (secondary N) is 1. The van der Waals surface area contributed by atoms with Gasteiger partial charge in [-0.1, -0.05) is 6.08 Å². The first kappa shape index (κ1) is 11.5. The molecule has 2 nitrogen and oxygen atoms in total. The van der Waals surface area contributed by atoms with E-state index in [2.05, 4.69) is 60.2 Å². The van der Waals surface area contributed by atoms with E-state index < -0.39 is 0 Å². The third-order valence-corrected chi connectivity index (χ3v) is 3.37. The van der Waals surface area contributed by atoms with E-state index >= 15 is 0 Å². The molecular formula is C13H16BrNO. The molecule has 1 aromatic rings. The second-order valence-corrected chi connectivity index (χ2v) is 5.56. The average molecular weight is 282 g/mol. The van der Waals surface area contributed by atoms with Crippen molar-refractivity contribution in [1.29, 1.82) is 0 Å². The number of halogens is 1. The van der Waals surface area contributed by atoms with Crippen molar-refractivity contribution in [3.8, 4) is 5.75 Å². The molecule has 0 spiro atoms. The molecule has 1 heterocycles. The number of fused-ring (bicyclic) bond motifs is 1. The molecule has 0 radical (unpaired) electrons. The quantitative estimate of drug-likeness (QED) is 0.838. The molecule has 0 saturated carbocycles. The molecule has 0 atom stereocenters. The van der Waals surface area contributed by atoms with E-state index in [-0.39, 0.29) is 5.54 Å². The molecule has 86 valence electrons. The molecule has 0 bridgehead atoms. The third kappa shape index (κ3) is 1.96. The van der Waals surface area contributed by atoms with Gasteiger partial charge in [0.25, 0.3) is 0 Å². The van der Waals surface area contributed by atoms with Crippen molar-refractivity contribution in [1.82, 2.24) is 0 Å². The molecule has 16 heavy (non-hydrogen) atoms. The molecule has 3 heteroatoms. The number of hydrogen-bond donors (Lipinski definition) is 1. The van der Waals surface area contributed by atoms with Crippen LogP contribution in [0.4, 0.5) is 5.69 Å². The van der Waals surface area contributed by atoms with Crippen LogP contribution in [0, 0.1) is 0 Å². The second-order valence-electron chi connectivity index (χ2n) is 4.71. The normalized spacial score (nSPS) is 17.2. The largest absolute Gasteiger partial charge is 0.496 e. The van der Waals surface area contributed by atoms with Crippen molar-refractivity contribution < 1.29 is 4.74 Å². The Morgan fingerprint density at radius 3 is 2.62 bits per heavy atom. The third-order valence-electron chi connectivity index (χ3n) is 2.75. The Balaban J connectivity index is 2.58. The highest BCUT2D eigenvalue weighted by molar-refractivity contribution is 9.10. The lowest BCUT2D eigenvalue weighted by Gasteiger charge is -2.31. The van der Waals surface area contributed by atoms with Gasteiger partial charge in [0.1, 0.15) is 5.75 Å². The first-order chi connectivity index (χ1) is 7.43. The van der Waals surface area contributed by atoms with Crippen LogP contribution in [0.3, 0.4) is 0 Å². The number of hydrogen-bond acceptors (Lipinski definition) is 2. The van der Waals surface area contributed by atoms with E-state index in [1.165, 1.54) is 11.1 Å². The maximum atomic E-state index is 5.31. The monoisotopic (exact) mass is 281 g/mol. The Labute approximate surface area is 105 Å². The fourth-order valence-corrected chi connectivity index (χ4v) is 2.65. The molecule has 0 amide bonds. The number of benzene rings is 1. The fraction of sp³-hybridized carbons (Fsp3) is 0.385. The standard InChI is InChI=1S/C13H16BrNO/c1-8-7-13(2,3)15-11-6-10(14)12(16-4)5-9(8)11/h5-7,15H,1-4H3. The van der Waals surface area contributed by atoms with Crippen LogP contribution in [0.5, 0.6) is 5.75 Å². The van der Waals surface area contributed by atoms with Crippen molar-refractivity contribution in [2.24, 2.45) is 0 Å². The van der Waals surface area contributed by atoms with E-state index in [0.717, 1.165) is 15.9 Å². The maximum absolute atomic E-state index is 5.31. The van der Waals surface area contributed by atoms with Crippen molar-refractivity contribution in [2.75, 3.05) is 12.4 Å². The lowest BCUT2D eigenvalue weighted by molar-refractivity contribution is 0.412. The summed E-state index contributed by atoms with van der Waals surface area (Å²) in [5, 5.41) is 3.50. The predicted octanol–water partition coefficient (Wildman–Crippen LogP) is 4.07. The lowest BCUT2D eigenvalue weighted by atomic mass is 9.91. The number of methoxy groups -OCH3 is 1. The number of anilines is 1. The Morgan fingerprint density at radius 2 is 2.00 bits per heavy atom. The molecule has 1 aliphatic heterocycles. The summed E-state index contributed by atoms with van der Waals surface area (Å²) in [6.07, 6.45) is 2.24. The van der Waals surface area contributed by atoms with Crippen LogP contribution in [0.15, 0.2) is 22.7 Å². The maximum Gasteiger partial charge on any atom is 0.133 e. The molecule has 0 aliphatic carbocycles. The summed E-state index contributed by atoms with van der Waals surface area (Å²) in [5.41, 5.74) is 3.65. The van der Waals surface area contributed by atoms with Gasteiger partial charge in [-0.15, -0.1) is 0 Å². The number of rotatable bonds is 1. The zero-order valence-electron chi connectivity index (χ0n) is 10.0. The Hall–Kier alpha value is -0.960. The van der Waals surface area contributed by atoms with Crippen LogP contribution >= 0.6 is 15.9 Å². The fourth-order valence-electron chi connectivity index (χ4n) is 2.14. The van der Waals surface area contributed by atoms with E-state index in [4.69, 9.17) is 4.74 Å².